The Labute approximate surface area is 163 Å². The van der Waals surface area contributed by atoms with Crippen LogP contribution in [-0.4, -0.2) is 43.0 Å². The van der Waals surface area contributed by atoms with E-state index in [2.05, 4.69) is 5.32 Å². The van der Waals surface area contributed by atoms with Gasteiger partial charge in [-0.15, -0.1) is 0 Å². The lowest BCUT2D eigenvalue weighted by atomic mass is 10.0. The summed E-state index contributed by atoms with van der Waals surface area (Å²) in [6.45, 7) is 7.29. The quantitative estimate of drug-likeness (QED) is 0.582. The van der Waals surface area contributed by atoms with E-state index in [9.17, 15) is 14.4 Å². The molecular formula is C21H26N2O5. The Balaban J connectivity index is 1.54. The fourth-order valence-corrected chi connectivity index (χ4v) is 3.41. The summed E-state index contributed by atoms with van der Waals surface area (Å²) in [6, 6.07) is 3.63. The van der Waals surface area contributed by atoms with Gasteiger partial charge in [0, 0.05) is 42.6 Å². The molecule has 1 fully saturated rings. The van der Waals surface area contributed by atoms with Crippen molar-refractivity contribution in [2.45, 2.75) is 40.0 Å². The molecule has 7 heteroatoms. The normalized spacial score (nSPS) is 14.0. The Kier molecular flexibility index (Phi) is 6.02. The molecular weight excluding hydrogens is 360 g/mol. The van der Waals surface area contributed by atoms with Gasteiger partial charge >= 0.3 is 5.63 Å². The van der Waals surface area contributed by atoms with Crippen molar-refractivity contribution in [3.8, 4) is 5.75 Å². The van der Waals surface area contributed by atoms with Crippen molar-refractivity contribution in [1.82, 2.24) is 10.2 Å². The summed E-state index contributed by atoms with van der Waals surface area (Å²) in [7, 11) is 0. The van der Waals surface area contributed by atoms with E-state index in [-0.39, 0.29) is 24.0 Å². The predicted octanol–water partition coefficient (Wildman–Crippen LogP) is 2.23. The maximum absolute atomic E-state index is 12.0. The average molecular weight is 386 g/mol. The van der Waals surface area contributed by atoms with Crippen LogP contribution in [0.4, 0.5) is 0 Å². The standard InChI is InChI=1S/C21H26N2O5/c1-13-14(2)21(26)28-20-15(3)17(8-7-16(13)20)27-12-18(24)22-9-5-11-23-10-4-6-19(23)25/h7-8H,4-6,9-12H2,1-3H3,(H,22,24). The molecule has 1 N–H and O–H groups in total. The molecule has 2 aromatic rings. The first-order valence-electron chi connectivity index (χ1n) is 9.59. The summed E-state index contributed by atoms with van der Waals surface area (Å²) in [5, 5.41) is 3.66. The maximum Gasteiger partial charge on any atom is 0.339 e. The van der Waals surface area contributed by atoms with Gasteiger partial charge in [-0.25, -0.2) is 4.79 Å². The van der Waals surface area contributed by atoms with Crippen LogP contribution >= 0.6 is 0 Å². The van der Waals surface area contributed by atoms with Crippen LogP contribution < -0.4 is 15.7 Å². The van der Waals surface area contributed by atoms with Crippen LogP contribution in [-0.2, 0) is 9.59 Å². The van der Waals surface area contributed by atoms with E-state index in [1.165, 1.54) is 0 Å². The molecule has 1 aromatic carbocycles. The van der Waals surface area contributed by atoms with Crippen LogP contribution in [0.2, 0.25) is 0 Å². The predicted molar refractivity (Wildman–Crippen MR) is 106 cm³/mol. The zero-order valence-electron chi connectivity index (χ0n) is 16.6. The van der Waals surface area contributed by atoms with Crippen LogP contribution in [0.15, 0.2) is 21.3 Å². The summed E-state index contributed by atoms with van der Waals surface area (Å²) in [6.07, 6.45) is 2.27. The number of fused-ring (bicyclic) bond motifs is 1. The largest absolute Gasteiger partial charge is 0.483 e. The first-order valence-corrected chi connectivity index (χ1v) is 9.59. The number of carbonyl (C=O) groups excluding carboxylic acids is 2. The van der Waals surface area contributed by atoms with E-state index < -0.39 is 0 Å². The summed E-state index contributed by atoms with van der Waals surface area (Å²) in [5.74, 6) is 0.476. The number of benzene rings is 1. The van der Waals surface area contributed by atoms with E-state index >= 15 is 0 Å². The lowest BCUT2D eigenvalue weighted by Crippen LogP contribution is -2.33. The number of amides is 2. The number of aryl methyl sites for hydroxylation is 2. The van der Waals surface area contributed by atoms with Crippen molar-refractivity contribution in [3.05, 3.63) is 39.2 Å². The van der Waals surface area contributed by atoms with Gasteiger partial charge in [-0.3, -0.25) is 9.59 Å². The Hall–Kier alpha value is -2.83. The third-order valence-electron chi connectivity index (χ3n) is 5.28. The van der Waals surface area contributed by atoms with Gasteiger partial charge in [0.2, 0.25) is 5.91 Å². The van der Waals surface area contributed by atoms with E-state index in [1.54, 1.807) is 19.9 Å². The van der Waals surface area contributed by atoms with Gasteiger partial charge in [-0.05, 0) is 51.3 Å². The van der Waals surface area contributed by atoms with E-state index in [0.29, 0.717) is 42.0 Å². The minimum absolute atomic E-state index is 0.121. The molecule has 1 saturated heterocycles. The molecule has 7 nitrogen and oxygen atoms in total. The maximum atomic E-state index is 12.0. The van der Waals surface area contributed by atoms with Gasteiger partial charge in [0.05, 0.1) is 0 Å². The van der Waals surface area contributed by atoms with Gasteiger partial charge in [-0.1, -0.05) is 0 Å². The number of hydrogen-bond donors (Lipinski definition) is 1. The molecule has 0 unspecified atom stereocenters. The number of carbonyl (C=O) groups is 2. The first kappa shape index (κ1) is 19.9. The van der Waals surface area contributed by atoms with Crippen LogP contribution in [0, 0.1) is 20.8 Å². The molecule has 0 spiro atoms. The number of likely N-dealkylation sites (tertiary alicyclic amines) is 1. The molecule has 3 rings (SSSR count). The van der Waals surface area contributed by atoms with Gasteiger partial charge < -0.3 is 19.4 Å². The number of hydrogen-bond acceptors (Lipinski definition) is 5. The number of nitrogens with zero attached hydrogens (tertiary/aromatic N) is 1. The van der Waals surface area contributed by atoms with E-state index in [1.807, 2.05) is 17.9 Å². The molecule has 0 bridgehead atoms. The summed E-state index contributed by atoms with van der Waals surface area (Å²) in [4.78, 5) is 37.3. The van der Waals surface area contributed by atoms with E-state index in [4.69, 9.17) is 9.15 Å². The van der Waals surface area contributed by atoms with Crippen molar-refractivity contribution in [3.63, 3.8) is 0 Å². The number of rotatable bonds is 7. The molecule has 1 aliphatic heterocycles. The van der Waals surface area contributed by atoms with Crippen molar-refractivity contribution in [2.24, 2.45) is 0 Å². The third-order valence-corrected chi connectivity index (χ3v) is 5.28. The highest BCUT2D eigenvalue weighted by molar-refractivity contribution is 5.85. The summed E-state index contributed by atoms with van der Waals surface area (Å²) in [5.41, 5.74) is 2.30. The van der Waals surface area contributed by atoms with Crippen LogP contribution in [0.5, 0.6) is 5.75 Å². The van der Waals surface area contributed by atoms with Crippen LogP contribution in [0.3, 0.4) is 0 Å². The Bertz CT molecular complexity index is 963. The lowest BCUT2D eigenvalue weighted by Gasteiger charge is -2.15. The Morgan fingerprint density at radius 3 is 2.68 bits per heavy atom. The highest BCUT2D eigenvalue weighted by atomic mass is 16.5. The zero-order valence-corrected chi connectivity index (χ0v) is 16.6. The van der Waals surface area contributed by atoms with Gasteiger partial charge in [0.25, 0.3) is 5.91 Å². The van der Waals surface area contributed by atoms with Crippen molar-refractivity contribution < 1.29 is 18.7 Å². The van der Waals surface area contributed by atoms with Crippen LogP contribution in [0.25, 0.3) is 11.0 Å². The lowest BCUT2D eigenvalue weighted by molar-refractivity contribution is -0.127. The number of nitrogens with one attached hydrogen (secondary N) is 1. The van der Waals surface area contributed by atoms with Crippen molar-refractivity contribution in [2.75, 3.05) is 26.2 Å². The molecule has 0 saturated carbocycles. The fourth-order valence-electron chi connectivity index (χ4n) is 3.41. The fraction of sp³-hybridized carbons (Fsp3) is 0.476. The first-order chi connectivity index (χ1) is 13.4. The average Bonchev–Trinajstić information content (AvgIpc) is 3.08. The number of ether oxygens (including phenoxy) is 1. The molecule has 2 heterocycles. The molecule has 28 heavy (non-hydrogen) atoms. The van der Waals surface area contributed by atoms with Gasteiger partial charge in [0.1, 0.15) is 11.3 Å². The Morgan fingerprint density at radius 2 is 1.96 bits per heavy atom. The second-order valence-corrected chi connectivity index (χ2v) is 7.18. The topological polar surface area (TPSA) is 88.8 Å². The smallest absolute Gasteiger partial charge is 0.339 e. The monoisotopic (exact) mass is 386 g/mol. The molecule has 1 aromatic heterocycles. The molecule has 150 valence electrons. The molecule has 1 aliphatic rings. The SMILES string of the molecule is Cc1c(C)c2ccc(OCC(=O)NCCCN3CCCC3=O)c(C)c2oc1=O. The van der Waals surface area contributed by atoms with E-state index in [0.717, 1.165) is 30.3 Å². The second-order valence-electron chi connectivity index (χ2n) is 7.18. The summed E-state index contributed by atoms with van der Waals surface area (Å²) < 4.78 is 11.0. The highest BCUT2D eigenvalue weighted by Gasteiger charge is 2.19. The molecule has 0 aliphatic carbocycles. The minimum atomic E-state index is -0.362. The van der Waals surface area contributed by atoms with Crippen LogP contribution in [0.1, 0.15) is 36.0 Å². The molecule has 0 atom stereocenters. The Morgan fingerprint density at radius 1 is 1.18 bits per heavy atom. The zero-order chi connectivity index (χ0) is 20.3. The van der Waals surface area contributed by atoms with Gasteiger partial charge in [-0.2, -0.15) is 0 Å². The minimum Gasteiger partial charge on any atom is -0.483 e. The third kappa shape index (κ3) is 4.18. The van der Waals surface area contributed by atoms with Crippen molar-refractivity contribution >= 4 is 22.8 Å². The molecule has 0 radical (unpaired) electrons. The summed E-state index contributed by atoms with van der Waals surface area (Å²) >= 11 is 0. The van der Waals surface area contributed by atoms with Crippen molar-refractivity contribution in [1.29, 1.82) is 0 Å². The molecule has 2 amide bonds. The van der Waals surface area contributed by atoms with Gasteiger partial charge in [0.15, 0.2) is 6.61 Å². The highest BCUT2D eigenvalue weighted by Crippen LogP contribution is 2.29. The second kappa shape index (κ2) is 8.46.